The Bertz CT molecular complexity index is 642. The highest BCUT2D eigenvalue weighted by Crippen LogP contribution is 2.30. The lowest BCUT2D eigenvalue weighted by atomic mass is 9.94. The molecule has 6 heteroatoms. The second-order valence-electron chi connectivity index (χ2n) is 4.94. The summed E-state index contributed by atoms with van der Waals surface area (Å²) in [5, 5.41) is 0.607. The van der Waals surface area contributed by atoms with Crippen molar-refractivity contribution < 1.29 is 4.74 Å². The van der Waals surface area contributed by atoms with Crippen molar-refractivity contribution in [1.82, 2.24) is 14.5 Å². The van der Waals surface area contributed by atoms with Crippen LogP contribution in [0.5, 0.6) is 0 Å². The lowest BCUT2D eigenvalue weighted by molar-refractivity contribution is 0.0106. The van der Waals surface area contributed by atoms with Crippen molar-refractivity contribution in [3.63, 3.8) is 0 Å². The van der Waals surface area contributed by atoms with Crippen LogP contribution in [0.3, 0.4) is 0 Å². The van der Waals surface area contributed by atoms with Gasteiger partial charge in [-0.2, -0.15) is 0 Å². The van der Waals surface area contributed by atoms with Crippen molar-refractivity contribution in [3.05, 3.63) is 22.1 Å². The van der Waals surface area contributed by atoms with Crippen LogP contribution in [0.25, 0.3) is 11.2 Å². The number of rotatable bonds is 1. The van der Waals surface area contributed by atoms with Gasteiger partial charge in [0.1, 0.15) is 0 Å². The Labute approximate surface area is 115 Å². The first-order valence-electron chi connectivity index (χ1n) is 5.95. The molecular weight excluding hydrogens is 270 g/mol. The number of pyridine rings is 1. The third kappa shape index (κ3) is 1.86. The zero-order valence-electron chi connectivity index (χ0n) is 10.1. The molecule has 0 radical (unpaired) electrons. The molecule has 1 unspecified atom stereocenters. The van der Waals surface area contributed by atoms with E-state index in [9.17, 15) is 0 Å². The molecule has 0 amide bonds. The molecular formula is C12H14ClN3OS. The molecule has 1 saturated heterocycles. The SMILES string of the molecule is CC1(n2c(=S)[nH]c3cc(Cl)cnc32)CCCOC1. The maximum atomic E-state index is 5.95. The van der Waals surface area contributed by atoms with Gasteiger partial charge in [-0.25, -0.2) is 4.98 Å². The van der Waals surface area contributed by atoms with Crippen molar-refractivity contribution in [2.75, 3.05) is 13.2 Å². The number of H-pyrrole nitrogens is 1. The molecule has 2 aromatic heterocycles. The molecule has 0 saturated carbocycles. The molecule has 1 fully saturated rings. The van der Waals surface area contributed by atoms with Crippen molar-refractivity contribution in [3.8, 4) is 0 Å². The number of halogens is 1. The van der Waals surface area contributed by atoms with Crippen molar-refractivity contribution in [2.45, 2.75) is 25.3 Å². The van der Waals surface area contributed by atoms with Gasteiger partial charge in [0, 0.05) is 12.8 Å². The summed E-state index contributed by atoms with van der Waals surface area (Å²) in [5.74, 6) is 0. The summed E-state index contributed by atoms with van der Waals surface area (Å²) >= 11 is 11.4. The number of ether oxygens (including phenoxy) is 1. The fraction of sp³-hybridized carbons (Fsp3) is 0.500. The first-order chi connectivity index (χ1) is 8.60. The summed E-state index contributed by atoms with van der Waals surface area (Å²) in [5.41, 5.74) is 1.59. The number of fused-ring (bicyclic) bond motifs is 1. The fourth-order valence-corrected chi connectivity index (χ4v) is 3.14. The van der Waals surface area contributed by atoms with Gasteiger partial charge >= 0.3 is 0 Å². The van der Waals surface area contributed by atoms with Crippen molar-refractivity contribution in [1.29, 1.82) is 0 Å². The van der Waals surface area contributed by atoms with Crippen molar-refractivity contribution >= 4 is 35.0 Å². The number of nitrogens with one attached hydrogen (secondary N) is 1. The Balaban J connectivity index is 2.22. The molecule has 1 aliphatic rings. The molecule has 3 heterocycles. The predicted octanol–water partition coefficient (Wildman–Crippen LogP) is 3.27. The number of aromatic amines is 1. The van der Waals surface area contributed by atoms with Gasteiger partial charge in [-0.15, -0.1) is 0 Å². The van der Waals surface area contributed by atoms with Gasteiger partial charge in [-0.1, -0.05) is 11.6 Å². The van der Waals surface area contributed by atoms with Crippen LogP contribution in [0.1, 0.15) is 19.8 Å². The van der Waals surface area contributed by atoms with E-state index in [4.69, 9.17) is 28.6 Å². The van der Waals surface area contributed by atoms with E-state index >= 15 is 0 Å². The average Bonchev–Trinajstić information content (AvgIpc) is 2.65. The Kier molecular flexibility index (Phi) is 2.92. The maximum absolute atomic E-state index is 5.95. The number of nitrogens with zero attached hydrogens (tertiary/aromatic N) is 2. The summed E-state index contributed by atoms with van der Waals surface area (Å²) < 4.78 is 8.34. The molecule has 4 nitrogen and oxygen atoms in total. The largest absolute Gasteiger partial charge is 0.379 e. The quantitative estimate of drug-likeness (QED) is 0.817. The topological polar surface area (TPSA) is 42.8 Å². The average molecular weight is 284 g/mol. The molecule has 2 aromatic rings. The molecule has 0 aromatic carbocycles. The van der Waals surface area contributed by atoms with Crippen LogP contribution in [0.4, 0.5) is 0 Å². The molecule has 0 bridgehead atoms. The summed E-state index contributed by atoms with van der Waals surface area (Å²) in [6.07, 6.45) is 3.73. The molecule has 1 aliphatic heterocycles. The first-order valence-corrected chi connectivity index (χ1v) is 6.73. The molecule has 1 atom stereocenters. The highest BCUT2D eigenvalue weighted by molar-refractivity contribution is 7.71. The molecule has 0 spiro atoms. The third-order valence-electron chi connectivity index (χ3n) is 3.45. The van der Waals surface area contributed by atoms with Gasteiger partial charge in [0.15, 0.2) is 10.4 Å². The second kappa shape index (κ2) is 4.33. The van der Waals surface area contributed by atoms with Crippen molar-refractivity contribution in [2.24, 2.45) is 0 Å². The number of imidazole rings is 1. The van der Waals surface area contributed by atoms with E-state index < -0.39 is 0 Å². The zero-order valence-corrected chi connectivity index (χ0v) is 11.6. The van der Waals surface area contributed by atoms with Crippen LogP contribution in [0, 0.1) is 4.77 Å². The predicted molar refractivity (Wildman–Crippen MR) is 73.6 cm³/mol. The maximum Gasteiger partial charge on any atom is 0.179 e. The van der Waals surface area contributed by atoms with Gasteiger partial charge in [0.2, 0.25) is 0 Å². The Morgan fingerprint density at radius 3 is 3.17 bits per heavy atom. The summed E-state index contributed by atoms with van der Waals surface area (Å²) in [6.45, 7) is 3.65. The normalized spacial score (nSPS) is 24.6. The van der Waals surface area contributed by atoms with Gasteiger partial charge in [0.25, 0.3) is 0 Å². The minimum absolute atomic E-state index is 0.131. The highest BCUT2D eigenvalue weighted by atomic mass is 35.5. The third-order valence-corrected chi connectivity index (χ3v) is 3.94. The van der Waals surface area contributed by atoms with Gasteiger partial charge < -0.3 is 9.72 Å². The second-order valence-corrected chi connectivity index (χ2v) is 5.77. The van der Waals surface area contributed by atoms with Gasteiger partial charge in [-0.3, -0.25) is 4.57 Å². The molecule has 18 heavy (non-hydrogen) atoms. The summed E-state index contributed by atoms with van der Waals surface area (Å²) in [6, 6.07) is 1.85. The van der Waals surface area contributed by atoms with Crippen LogP contribution in [-0.2, 0) is 10.3 Å². The van der Waals surface area contributed by atoms with E-state index in [0.29, 0.717) is 16.4 Å². The minimum Gasteiger partial charge on any atom is -0.379 e. The van der Waals surface area contributed by atoms with Crippen LogP contribution < -0.4 is 0 Å². The van der Waals surface area contributed by atoms with E-state index in [1.807, 2.05) is 6.07 Å². The standard InChI is InChI=1S/C12H14ClN3OS/c1-12(3-2-4-17-7-12)16-10-9(15-11(16)18)5-8(13)6-14-10/h5-6H,2-4,7H2,1H3,(H,15,18). The smallest absolute Gasteiger partial charge is 0.179 e. The molecule has 1 N–H and O–H groups in total. The minimum atomic E-state index is -0.131. The number of hydrogen-bond donors (Lipinski definition) is 1. The Hall–Kier alpha value is -0.910. The molecule has 96 valence electrons. The monoisotopic (exact) mass is 283 g/mol. The first kappa shape index (κ1) is 12.1. The number of aromatic nitrogens is 3. The van der Waals surface area contributed by atoms with Crippen LogP contribution in [0.15, 0.2) is 12.3 Å². The van der Waals surface area contributed by atoms with Gasteiger partial charge in [-0.05, 0) is 38.0 Å². The van der Waals surface area contributed by atoms with Crippen LogP contribution in [-0.4, -0.2) is 27.7 Å². The summed E-state index contributed by atoms with van der Waals surface area (Å²) in [7, 11) is 0. The Morgan fingerprint density at radius 1 is 1.61 bits per heavy atom. The van der Waals surface area contributed by atoms with Crippen LogP contribution in [0.2, 0.25) is 5.02 Å². The number of hydrogen-bond acceptors (Lipinski definition) is 3. The molecule has 3 rings (SSSR count). The zero-order chi connectivity index (χ0) is 12.8. The fourth-order valence-electron chi connectivity index (χ4n) is 2.57. The lowest BCUT2D eigenvalue weighted by Crippen LogP contribution is -2.39. The van der Waals surface area contributed by atoms with E-state index in [-0.39, 0.29) is 5.54 Å². The van der Waals surface area contributed by atoms with E-state index in [2.05, 4.69) is 21.5 Å². The Morgan fingerprint density at radius 2 is 2.44 bits per heavy atom. The highest BCUT2D eigenvalue weighted by Gasteiger charge is 2.32. The van der Waals surface area contributed by atoms with E-state index in [1.165, 1.54) is 0 Å². The van der Waals surface area contributed by atoms with Gasteiger partial charge in [0.05, 0.1) is 22.7 Å². The van der Waals surface area contributed by atoms with Crippen LogP contribution >= 0.6 is 23.8 Å². The summed E-state index contributed by atoms with van der Waals surface area (Å²) in [4.78, 5) is 7.57. The van der Waals surface area contributed by atoms with E-state index in [0.717, 1.165) is 30.6 Å². The molecule has 0 aliphatic carbocycles. The lowest BCUT2D eigenvalue weighted by Gasteiger charge is -2.34. The van der Waals surface area contributed by atoms with E-state index in [1.54, 1.807) is 6.20 Å².